The van der Waals surface area contributed by atoms with Crippen LogP contribution in [-0.4, -0.2) is 30.1 Å². The Labute approximate surface area is 114 Å². The third-order valence-corrected chi connectivity index (χ3v) is 4.45. The number of carboxylic acid groups (broad SMARTS) is 1. The summed E-state index contributed by atoms with van der Waals surface area (Å²) in [6.45, 7) is 4.54. The van der Waals surface area contributed by atoms with Gasteiger partial charge in [-0.25, -0.2) is 0 Å². The first-order valence-electron chi connectivity index (χ1n) is 7.16. The van der Waals surface area contributed by atoms with E-state index in [1.54, 1.807) is 0 Å². The largest absolute Gasteiger partial charge is 0.481 e. The van der Waals surface area contributed by atoms with Gasteiger partial charge in [0.25, 0.3) is 0 Å². The quantitative estimate of drug-likeness (QED) is 0.679. The normalized spacial score (nSPS) is 28.7. The Kier molecular flexibility index (Phi) is 5.79. The van der Waals surface area contributed by atoms with Crippen molar-refractivity contribution in [3.63, 3.8) is 0 Å². The molecule has 1 saturated carbocycles. The Hall–Kier alpha value is -1.10. The van der Waals surface area contributed by atoms with Crippen molar-refractivity contribution >= 4 is 11.9 Å². The van der Waals surface area contributed by atoms with E-state index >= 15 is 0 Å². The first kappa shape index (κ1) is 16.0. The Balaban J connectivity index is 2.57. The number of carbonyl (C=O) groups excluding carboxylic acids is 1. The molecule has 0 bridgehead atoms. The van der Waals surface area contributed by atoms with E-state index in [0.717, 1.165) is 25.7 Å². The minimum atomic E-state index is -0.859. The number of nitrogens with two attached hydrogens (primary N) is 1. The zero-order valence-corrected chi connectivity index (χ0v) is 11.9. The van der Waals surface area contributed by atoms with Gasteiger partial charge in [0.1, 0.15) is 0 Å². The lowest BCUT2D eigenvalue weighted by atomic mass is 9.70. The van der Waals surface area contributed by atoms with Crippen molar-refractivity contribution in [3.8, 4) is 0 Å². The number of nitrogens with one attached hydrogen (secondary N) is 1. The molecule has 1 amide bonds. The summed E-state index contributed by atoms with van der Waals surface area (Å²) < 4.78 is 0. The Bertz CT molecular complexity index is 323. The van der Waals surface area contributed by atoms with E-state index < -0.39 is 17.3 Å². The van der Waals surface area contributed by atoms with Crippen molar-refractivity contribution in [1.29, 1.82) is 0 Å². The lowest BCUT2D eigenvalue weighted by Crippen LogP contribution is -2.49. The van der Waals surface area contributed by atoms with Crippen LogP contribution >= 0.6 is 0 Å². The van der Waals surface area contributed by atoms with Gasteiger partial charge in [-0.1, -0.05) is 13.8 Å². The van der Waals surface area contributed by atoms with Gasteiger partial charge in [0.15, 0.2) is 0 Å². The van der Waals surface area contributed by atoms with Gasteiger partial charge in [0.05, 0.1) is 11.3 Å². The monoisotopic (exact) mass is 270 g/mol. The van der Waals surface area contributed by atoms with Crippen molar-refractivity contribution in [3.05, 3.63) is 0 Å². The van der Waals surface area contributed by atoms with Gasteiger partial charge in [0, 0.05) is 13.1 Å². The van der Waals surface area contributed by atoms with E-state index in [0.29, 0.717) is 18.9 Å². The lowest BCUT2D eigenvalue weighted by Gasteiger charge is -2.37. The average molecular weight is 270 g/mol. The van der Waals surface area contributed by atoms with Gasteiger partial charge in [-0.05, 0) is 38.0 Å². The molecule has 0 aromatic carbocycles. The molecule has 4 N–H and O–H groups in total. The molecule has 5 nitrogen and oxygen atoms in total. The van der Waals surface area contributed by atoms with Crippen molar-refractivity contribution in [2.24, 2.45) is 23.0 Å². The molecule has 19 heavy (non-hydrogen) atoms. The molecule has 5 heteroatoms. The van der Waals surface area contributed by atoms with E-state index in [4.69, 9.17) is 10.8 Å². The zero-order valence-electron chi connectivity index (χ0n) is 11.9. The minimum absolute atomic E-state index is 0.0680. The van der Waals surface area contributed by atoms with Gasteiger partial charge >= 0.3 is 5.97 Å². The molecule has 0 saturated heterocycles. The number of hydrogen-bond donors (Lipinski definition) is 3. The van der Waals surface area contributed by atoms with Gasteiger partial charge in [-0.3, -0.25) is 9.59 Å². The standard InChI is InChI=1S/C14H26N2O3/c1-3-11(12(17)18)8-16-13(19)14(9-15)6-4-10(2)5-7-14/h10-11H,3-9,15H2,1-2H3,(H,16,19)(H,17,18). The Morgan fingerprint density at radius 3 is 2.42 bits per heavy atom. The van der Waals surface area contributed by atoms with Gasteiger partial charge in [-0.2, -0.15) is 0 Å². The van der Waals surface area contributed by atoms with Crippen LogP contribution < -0.4 is 11.1 Å². The maximum absolute atomic E-state index is 12.3. The number of carbonyl (C=O) groups is 2. The summed E-state index contributed by atoms with van der Waals surface area (Å²) in [6, 6.07) is 0. The third kappa shape index (κ3) is 3.93. The molecule has 1 aliphatic rings. The second-order valence-electron chi connectivity index (χ2n) is 5.82. The van der Waals surface area contributed by atoms with Gasteiger partial charge in [-0.15, -0.1) is 0 Å². The molecular formula is C14H26N2O3. The fraction of sp³-hybridized carbons (Fsp3) is 0.857. The highest BCUT2D eigenvalue weighted by Crippen LogP contribution is 2.38. The maximum Gasteiger partial charge on any atom is 0.308 e. The molecule has 110 valence electrons. The minimum Gasteiger partial charge on any atom is -0.481 e. The second kappa shape index (κ2) is 6.89. The number of carboxylic acids is 1. The highest BCUT2D eigenvalue weighted by atomic mass is 16.4. The molecule has 0 aromatic rings. The van der Waals surface area contributed by atoms with Crippen molar-refractivity contribution < 1.29 is 14.7 Å². The van der Waals surface area contributed by atoms with Crippen LogP contribution in [0.1, 0.15) is 46.0 Å². The molecule has 0 heterocycles. The predicted octanol–water partition coefficient (Wildman–Crippen LogP) is 1.37. The fourth-order valence-corrected chi connectivity index (χ4v) is 2.65. The molecular weight excluding hydrogens is 244 g/mol. The number of hydrogen-bond acceptors (Lipinski definition) is 3. The van der Waals surface area contributed by atoms with Crippen molar-refractivity contribution in [1.82, 2.24) is 5.32 Å². The predicted molar refractivity (Wildman–Crippen MR) is 73.5 cm³/mol. The molecule has 0 radical (unpaired) electrons. The van der Waals surface area contributed by atoms with E-state index in [-0.39, 0.29) is 12.5 Å². The van der Waals surface area contributed by atoms with Crippen molar-refractivity contribution in [2.45, 2.75) is 46.0 Å². The molecule has 0 spiro atoms. The van der Waals surface area contributed by atoms with Crippen LogP contribution in [0.5, 0.6) is 0 Å². The molecule has 1 atom stereocenters. The average Bonchev–Trinajstić information content (AvgIpc) is 2.40. The number of aliphatic carboxylic acids is 1. The van der Waals surface area contributed by atoms with E-state index in [1.165, 1.54) is 0 Å². The number of rotatable bonds is 6. The van der Waals surface area contributed by atoms with Crippen molar-refractivity contribution in [2.75, 3.05) is 13.1 Å². The van der Waals surface area contributed by atoms with E-state index in [2.05, 4.69) is 12.2 Å². The summed E-state index contributed by atoms with van der Waals surface area (Å²) >= 11 is 0. The lowest BCUT2D eigenvalue weighted by molar-refractivity contribution is -0.142. The van der Waals surface area contributed by atoms with Crippen LogP contribution in [0.2, 0.25) is 0 Å². The zero-order chi connectivity index (χ0) is 14.5. The van der Waals surface area contributed by atoms with Crippen LogP contribution in [0.25, 0.3) is 0 Å². The van der Waals surface area contributed by atoms with Crippen LogP contribution in [0, 0.1) is 17.3 Å². The first-order valence-corrected chi connectivity index (χ1v) is 7.16. The fourth-order valence-electron chi connectivity index (χ4n) is 2.65. The summed E-state index contributed by atoms with van der Waals surface area (Å²) in [4.78, 5) is 23.3. The Morgan fingerprint density at radius 2 is 2.00 bits per heavy atom. The number of amides is 1. The SMILES string of the molecule is CCC(CNC(=O)C1(CN)CCC(C)CC1)C(=O)O. The molecule has 0 aromatic heterocycles. The molecule has 1 rings (SSSR count). The first-order chi connectivity index (χ1) is 8.95. The van der Waals surface area contributed by atoms with Crippen LogP contribution in [0.3, 0.4) is 0 Å². The maximum atomic E-state index is 12.3. The topological polar surface area (TPSA) is 92.4 Å². The summed E-state index contributed by atoms with van der Waals surface area (Å²) in [5.74, 6) is -0.792. The molecule has 1 aliphatic carbocycles. The third-order valence-electron chi connectivity index (χ3n) is 4.45. The van der Waals surface area contributed by atoms with E-state index in [1.807, 2.05) is 6.92 Å². The highest BCUT2D eigenvalue weighted by molar-refractivity contribution is 5.83. The summed E-state index contributed by atoms with van der Waals surface area (Å²) in [5, 5.41) is 11.8. The van der Waals surface area contributed by atoms with Crippen LogP contribution in [0.4, 0.5) is 0 Å². The molecule has 1 unspecified atom stereocenters. The van der Waals surface area contributed by atoms with Crippen LogP contribution in [-0.2, 0) is 9.59 Å². The highest BCUT2D eigenvalue weighted by Gasteiger charge is 2.39. The van der Waals surface area contributed by atoms with E-state index in [9.17, 15) is 9.59 Å². The van der Waals surface area contributed by atoms with Crippen LogP contribution in [0.15, 0.2) is 0 Å². The summed E-state index contributed by atoms with van der Waals surface area (Å²) in [7, 11) is 0. The van der Waals surface area contributed by atoms with Gasteiger partial charge in [0.2, 0.25) is 5.91 Å². The molecule has 0 aliphatic heterocycles. The van der Waals surface area contributed by atoms with Gasteiger partial charge < -0.3 is 16.2 Å². The molecule has 1 fully saturated rings. The summed E-state index contributed by atoms with van der Waals surface area (Å²) in [5.41, 5.74) is 5.32. The second-order valence-corrected chi connectivity index (χ2v) is 5.82. The Morgan fingerprint density at radius 1 is 1.42 bits per heavy atom. The summed E-state index contributed by atoms with van der Waals surface area (Å²) in [6.07, 6.45) is 4.16. The smallest absolute Gasteiger partial charge is 0.308 e.